The summed E-state index contributed by atoms with van der Waals surface area (Å²) in [6, 6.07) is 17.6. The number of furan rings is 1. The number of para-hydroxylation sites is 1. The van der Waals surface area contributed by atoms with Crippen LogP contribution in [0.15, 0.2) is 59.0 Å². The number of hydrogen-bond donors (Lipinski definition) is 1. The molecule has 2 aromatic carbocycles. The molecule has 0 saturated carbocycles. The smallest absolute Gasteiger partial charge is 0.307 e. The lowest BCUT2D eigenvalue weighted by atomic mass is 10.1. The van der Waals surface area contributed by atoms with E-state index in [1.54, 1.807) is 0 Å². The van der Waals surface area contributed by atoms with E-state index in [4.69, 9.17) is 14.3 Å². The number of ether oxygens (including phenoxy) is 1. The summed E-state index contributed by atoms with van der Waals surface area (Å²) in [4.78, 5) is 11.1. The van der Waals surface area contributed by atoms with Crippen molar-refractivity contribution in [2.24, 2.45) is 0 Å². The van der Waals surface area contributed by atoms with Gasteiger partial charge in [-0.1, -0.05) is 38.0 Å². The predicted octanol–water partition coefficient (Wildman–Crippen LogP) is 5.90. The van der Waals surface area contributed by atoms with Gasteiger partial charge in [-0.3, -0.25) is 4.79 Å². The van der Waals surface area contributed by atoms with Gasteiger partial charge in [0.1, 0.15) is 23.2 Å². The molecule has 0 fully saturated rings. The predicted molar refractivity (Wildman–Crippen MR) is 102 cm³/mol. The second kappa shape index (κ2) is 8.56. The Morgan fingerprint density at radius 3 is 2.58 bits per heavy atom. The molecular weight excluding hydrogens is 328 g/mol. The molecule has 0 spiro atoms. The molecule has 0 saturated heterocycles. The number of rotatable bonds is 9. The average molecular weight is 352 g/mol. The van der Waals surface area contributed by atoms with Gasteiger partial charge in [0.05, 0.1) is 6.42 Å². The highest BCUT2D eigenvalue weighted by molar-refractivity contribution is 5.82. The topological polar surface area (TPSA) is 59.7 Å². The van der Waals surface area contributed by atoms with E-state index in [1.165, 1.54) is 0 Å². The standard InChI is InChI=1S/C22H24O4/c1-2-3-4-8-19(15-22(23)24)25-18-12-10-16(11-13-18)21-14-17-7-5-6-9-20(17)26-21/h5-7,9-14,19H,2-4,8,15H2,1H3,(H,23,24). The third-order valence-electron chi connectivity index (χ3n) is 4.40. The summed E-state index contributed by atoms with van der Waals surface area (Å²) in [6.07, 6.45) is 3.65. The Balaban J connectivity index is 1.69. The number of unbranched alkanes of at least 4 members (excludes halogenated alkanes) is 2. The number of fused-ring (bicyclic) bond motifs is 1. The molecule has 1 heterocycles. The molecule has 4 nitrogen and oxygen atoms in total. The van der Waals surface area contributed by atoms with Gasteiger partial charge in [0, 0.05) is 10.9 Å². The lowest BCUT2D eigenvalue weighted by Gasteiger charge is -2.17. The van der Waals surface area contributed by atoms with Gasteiger partial charge in [-0.05, 0) is 49.2 Å². The number of hydrogen-bond acceptors (Lipinski definition) is 3. The SMILES string of the molecule is CCCCCC(CC(=O)O)Oc1ccc(-c2cc3ccccc3o2)cc1. The van der Waals surface area contributed by atoms with E-state index in [1.807, 2.05) is 54.6 Å². The number of aliphatic carboxylic acids is 1. The number of carboxylic acids is 1. The highest BCUT2D eigenvalue weighted by Gasteiger charge is 2.15. The lowest BCUT2D eigenvalue weighted by molar-refractivity contribution is -0.138. The molecule has 0 radical (unpaired) electrons. The van der Waals surface area contributed by atoms with Gasteiger partial charge < -0.3 is 14.3 Å². The van der Waals surface area contributed by atoms with E-state index in [9.17, 15) is 4.79 Å². The van der Waals surface area contributed by atoms with E-state index in [2.05, 4.69) is 6.92 Å². The van der Waals surface area contributed by atoms with Crippen LogP contribution < -0.4 is 4.74 Å². The van der Waals surface area contributed by atoms with Gasteiger partial charge in [0.15, 0.2) is 0 Å². The van der Waals surface area contributed by atoms with Crippen LogP contribution in [0.25, 0.3) is 22.3 Å². The van der Waals surface area contributed by atoms with Crippen LogP contribution in [0.3, 0.4) is 0 Å². The molecule has 1 N–H and O–H groups in total. The number of carboxylic acid groups (broad SMARTS) is 1. The van der Waals surface area contributed by atoms with Crippen LogP contribution in [0.1, 0.15) is 39.0 Å². The molecule has 1 atom stereocenters. The van der Waals surface area contributed by atoms with Crippen LogP contribution in [0.5, 0.6) is 5.75 Å². The van der Waals surface area contributed by atoms with E-state index < -0.39 is 5.97 Å². The fraction of sp³-hybridized carbons (Fsp3) is 0.318. The minimum absolute atomic E-state index is 0.0229. The molecular formula is C22H24O4. The van der Waals surface area contributed by atoms with Gasteiger partial charge in [0.2, 0.25) is 0 Å². The largest absolute Gasteiger partial charge is 0.490 e. The molecule has 0 amide bonds. The summed E-state index contributed by atoms with van der Waals surface area (Å²) < 4.78 is 11.8. The van der Waals surface area contributed by atoms with Crippen LogP contribution in [-0.4, -0.2) is 17.2 Å². The van der Waals surface area contributed by atoms with Crippen molar-refractivity contribution in [1.82, 2.24) is 0 Å². The first-order valence-corrected chi connectivity index (χ1v) is 9.13. The van der Waals surface area contributed by atoms with Crippen molar-refractivity contribution in [3.05, 3.63) is 54.6 Å². The second-order valence-electron chi connectivity index (χ2n) is 6.51. The highest BCUT2D eigenvalue weighted by atomic mass is 16.5. The van der Waals surface area contributed by atoms with E-state index >= 15 is 0 Å². The van der Waals surface area contributed by atoms with Crippen LogP contribution >= 0.6 is 0 Å². The van der Waals surface area contributed by atoms with E-state index in [0.717, 1.165) is 48.0 Å². The quantitative estimate of drug-likeness (QED) is 0.487. The molecule has 1 aromatic heterocycles. The van der Waals surface area contributed by atoms with Crippen LogP contribution in [0.4, 0.5) is 0 Å². The molecule has 0 aliphatic heterocycles. The van der Waals surface area contributed by atoms with Gasteiger partial charge >= 0.3 is 5.97 Å². The van der Waals surface area contributed by atoms with Gasteiger partial charge in [-0.15, -0.1) is 0 Å². The van der Waals surface area contributed by atoms with Crippen LogP contribution in [0, 0.1) is 0 Å². The Labute approximate surface area is 153 Å². The van der Waals surface area contributed by atoms with Crippen molar-refractivity contribution in [2.75, 3.05) is 0 Å². The summed E-state index contributed by atoms with van der Waals surface area (Å²) in [5.41, 5.74) is 1.83. The van der Waals surface area contributed by atoms with E-state index in [0.29, 0.717) is 5.75 Å². The maximum absolute atomic E-state index is 11.1. The first kappa shape index (κ1) is 18.1. The summed E-state index contributed by atoms with van der Waals surface area (Å²) in [7, 11) is 0. The Hall–Kier alpha value is -2.75. The first-order valence-electron chi connectivity index (χ1n) is 9.13. The van der Waals surface area contributed by atoms with Crippen molar-refractivity contribution in [2.45, 2.75) is 45.1 Å². The second-order valence-corrected chi connectivity index (χ2v) is 6.51. The summed E-state index contributed by atoms with van der Waals surface area (Å²) in [5.74, 6) is 0.667. The van der Waals surface area contributed by atoms with Gasteiger partial charge in [-0.2, -0.15) is 0 Å². The monoisotopic (exact) mass is 352 g/mol. The fourth-order valence-electron chi connectivity index (χ4n) is 3.03. The highest BCUT2D eigenvalue weighted by Crippen LogP contribution is 2.29. The van der Waals surface area contributed by atoms with Crippen molar-refractivity contribution in [3.63, 3.8) is 0 Å². The first-order chi connectivity index (χ1) is 12.7. The number of carbonyl (C=O) groups is 1. The lowest BCUT2D eigenvalue weighted by Crippen LogP contribution is -2.20. The average Bonchev–Trinajstić information content (AvgIpc) is 3.06. The third-order valence-corrected chi connectivity index (χ3v) is 4.40. The zero-order valence-corrected chi connectivity index (χ0v) is 15.0. The zero-order valence-electron chi connectivity index (χ0n) is 15.0. The fourth-order valence-corrected chi connectivity index (χ4v) is 3.03. The van der Waals surface area contributed by atoms with Crippen molar-refractivity contribution in [1.29, 1.82) is 0 Å². The molecule has 4 heteroatoms. The van der Waals surface area contributed by atoms with Crippen molar-refractivity contribution in [3.8, 4) is 17.1 Å². The van der Waals surface area contributed by atoms with Crippen molar-refractivity contribution >= 4 is 16.9 Å². The van der Waals surface area contributed by atoms with Gasteiger partial charge in [0.25, 0.3) is 0 Å². The molecule has 0 aliphatic rings. The molecule has 1 unspecified atom stereocenters. The number of benzene rings is 2. The molecule has 136 valence electrons. The van der Waals surface area contributed by atoms with E-state index in [-0.39, 0.29) is 12.5 Å². The Morgan fingerprint density at radius 1 is 1.12 bits per heavy atom. The van der Waals surface area contributed by atoms with Crippen molar-refractivity contribution < 1.29 is 19.1 Å². The third kappa shape index (κ3) is 4.66. The molecule has 26 heavy (non-hydrogen) atoms. The molecule has 0 bridgehead atoms. The molecule has 3 rings (SSSR count). The summed E-state index contributed by atoms with van der Waals surface area (Å²) in [6.45, 7) is 2.13. The summed E-state index contributed by atoms with van der Waals surface area (Å²) >= 11 is 0. The maximum Gasteiger partial charge on any atom is 0.307 e. The summed E-state index contributed by atoms with van der Waals surface area (Å²) in [5, 5.41) is 10.2. The Morgan fingerprint density at radius 2 is 1.88 bits per heavy atom. The Bertz CT molecular complexity index is 815. The Kier molecular flexibility index (Phi) is 5.95. The normalized spacial score (nSPS) is 12.2. The molecule has 3 aromatic rings. The minimum atomic E-state index is -0.828. The van der Waals surface area contributed by atoms with Crippen LogP contribution in [-0.2, 0) is 4.79 Å². The van der Waals surface area contributed by atoms with Crippen LogP contribution in [0.2, 0.25) is 0 Å². The maximum atomic E-state index is 11.1. The minimum Gasteiger partial charge on any atom is -0.490 e. The van der Waals surface area contributed by atoms with Gasteiger partial charge in [-0.25, -0.2) is 0 Å². The molecule has 0 aliphatic carbocycles. The zero-order chi connectivity index (χ0) is 18.4.